The van der Waals surface area contributed by atoms with Crippen molar-refractivity contribution in [1.29, 1.82) is 0 Å². The summed E-state index contributed by atoms with van der Waals surface area (Å²) >= 11 is 0. The Morgan fingerprint density at radius 1 is 1.11 bits per heavy atom. The quantitative estimate of drug-likeness (QED) is 0.331. The van der Waals surface area contributed by atoms with Gasteiger partial charge in [-0.3, -0.25) is 0 Å². The third kappa shape index (κ3) is 2.91. The minimum absolute atomic E-state index is 0. The second-order valence-electron chi connectivity index (χ2n) is 1.30. The summed E-state index contributed by atoms with van der Waals surface area (Å²) in [6, 6.07) is 0. The van der Waals surface area contributed by atoms with Gasteiger partial charge in [0.15, 0.2) is 9.74 Å². The van der Waals surface area contributed by atoms with E-state index in [-0.39, 0.29) is 29.6 Å². The summed E-state index contributed by atoms with van der Waals surface area (Å²) in [6.07, 6.45) is 3.52. The Kier molecular flexibility index (Phi) is 4.97. The van der Waals surface area contributed by atoms with Gasteiger partial charge in [0, 0.05) is 0 Å². The molecule has 0 atom stereocenters. The zero-order valence-electron chi connectivity index (χ0n) is 4.02. The third-order valence-corrected chi connectivity index (χ3v) is 4.04. The summed E-state index contributed by atoms with van der Waals surface area (Å²) in [5, 5.41) is 3.42. The molecule has 0 saturated heterocycles. The van der Waals surface area contributed by atoms with Gasteiger partial charge in [0.05, 0.1) is 0 Å². The van der Waals surface area contributed by atoms with E-state index in [1.165, 1.54) is 0 Å². The Balaban J connectivity index is 0.000000640. The summed E-state index contributed by atoms with van der Waals surface area (Å²) in [7, 11) is -3.12. The van der Waals surface area contributed by atoms with Crippen LogP contribution in [0.5, 0.6) is 0 Å². The summed E-state index contributed by atoms with van der Waals surface area (Å²) in [5.74, 6) is 0. The Labute approximate surface area is 80.0 Å². The molecule has 0 unspecified atom stereocenters. The van der Waals surface area contributed by atoms with Gasteiger partial charge >= 0.3 is 29.6 Å². The molecular formula is C4H7NaO2S2. The summed E-state index contributed by atoms with van der Waals surface area (Å²) in [4.78, 5) is 0. The van der Waals surface area contributed by atoms with Gasteiger partial charge in [-0.05, 0) is 10.8 Å². The number of allylic oxidation sites excluding steroid dienone is 2. The predicted octanol–water partition coefficient (Wildman–Crippen LogP) is -0.0935. The SMILES string of the molecule is O=[SH](=O)[SH]1C=CC=C1.[NaH]. The van der Waals surface area contributed by atoms with E-state index in [2.05, 4.69) is 0 Å². The molecule has 0 fully saturated rings. The van der Waals surface area contributed by atoms with Crippen molar-refractivity contribution in [1.82, 2.24) is 0 Å². The van der Waals surface area contributed by atoms with E-state index in [0.717, 1.165) is 0 Å². The Morgan fingerprint density at radius 2 is 1.56 bits per heavy atom. The predicted molar refractivity (Wildman–Crippen MR) is 44.7 cm³/mol. The second-order valence-corrected chi connectivity index (χ2v) is 5.50. The van der Waals surface area contributed by atoms with Crippen LogP contribution >= 0.6 is 9.93 Å². The van der Waals surface area contributed by atoms with Crippen molar-refractivity contribution in [2.45, 2.75) is 0 Å². The molecule has 0 aromatic carbocycles. The first-order valence-corrected chi connectivity index (χ1v) is 5.44. The first-order chi connectivity index (χ1) is 3.80. The maximum absolute atomic E-state index is 10.2. The van der Waals surface area contributed by atoms with Crippen molar-refractivity contribution in [3.63, 3.8) is 0 Å². The van der Waals surface area contributed by atoms with Gasteiger partial charge in [-0.15, -0.1) is 9.93 Å². The van der Waals surface area contributed by atoms with Gasteiger partial charge in [0.2, 0.25) is 0 Å². The number of hydrogen-bond acceptors (Lipinski definition) is 2. The fraction of sp³-hybridized carbons (Fsp3) is 0. The molecule has 0 aromatic rings. The van der Waals surface area contributed by atoms with Crippen LogP contribution in [0.15, 0.2) is 23.0 Å². The Bertz CT molecular complexity index is 187. The minimum atomic E-state index is -2.21. The average Bonchev–Trinajstić information content (AvgIpc) is 2.12. The second kappa shape index (κ2) is 4.57. The zero-order chi connectivity index (χ0) is 5.98. The molecule has 0 saturated carbocycles. The molecule has 1 heterocycles. The van der Waals surface area contributed by atoms with E-state index in [1.807, 2.05) is 0 Å². The van der Waals surface area contributed by atoms with Crippen molar-refractivity contribution < 1.29 is 8.42 Å². The average molecular weight is 174 g/mol. The zero-order valence-corrected chi connectivity index (χ0v) is 5.81. The maximum atomic E-state index is 10.2. The van der Waals surface area contributed by atoms with Crippen LogP contribution in [-0.4, -0.2) is 38.0 Å². The Morgan fingerprint density at radius 3 is 1.78 bits per heavy atom. The first-order valence-electron chi connectivity index (χ1n) is 2.08. The molecule has 1 rings (SSSR count). The third-order valence-electron chi connectivity index (χ3n) is 0.777. The van der Waals surface area contributed by atoms with Crippen molar-refractivity contribution in [3.05, 3.63) is 23.0 Å². The molecule has 0 radical (unpaired) electrons. The van der Waals surface area contributed by atoms with Crippen LogP contribution in [0.2, 0.25) is 0 Å². The molecule has 5 heteroatoms. The Hall–Kier alpha value is 0.780. The molecule has 0 aromatic heterocycles. The van der Waals surface area contributed by atoms with Crippen molar-refractivity contribution >= 4 is 49.2 Å². The van der Waals surface area contributed by atoms with E-state index < -0.39 is 19.7 Å². The fourth-order valence-corrected chi connectivity index (χ4v) is 2.42. The van der Waals surface area contributed by atoms with E-state index >= 15 is 0 Å². The van der Waals surface area contributed by atoms with E-state index in [4.69, 9.17) is 0 Å². The van der Waals surface area contributed by atoms with E-state index in [0.29, 0.717) is 0 Å². The van der Waals surface area contributed by atoms with Crippen molar-refractivity contribution in [2.24, 2.45) is 0 Å². The van der Waals surface area contributed by atoms with Crippen LogP contribution < -0.4 is 0 Å². The van der Waals surface area contributed by atoms with Gasteiger partial charge in [-0.25, -0.2) is 8.42 Å². The molecule has 0 bridgehead atoms. The standard InChI is InChI=1S/C4H6O2S2.Na.H/c5-8(6)7-3-1-2-4-7;;/h1-4,7-8H;;. The van der Waals surface area contributed by atoms with Crippen LogP contribution in [0.25, 0.3) is 0 Å². The van der Waals surface area contributed by atoms with Crippen molar-refractivity contribution in [2.75, 3.05) is 0 Å². The van der Waals surface area contributed by atoms with Gasteiger partial charge in [-0.1, -0.05) is 12.2 Å². The van der Waals surface area contributed by atoms with Crippen LogP contribution in [0.1, 0.15) is 0 Å². The monoisotopic (exact) mass is 174 g/mol. The van der Waals surface area contributed by atoms with Gasteiger partial charge in [0.1, 0.15) is 0 Å². The fourth-order valence-electron chi connectivity index (χ4n) is 0.434. The van der Waals surface area contributed by atoms with Gasteiger partial charge in [0.25, 0.3) is 0 Å². The molecule has 0 amide bonds. The van der Waals surface area contributed by atoms with Gasteiger partial charge in [-0.2, -0.15) is 0 Å². The number of rotatable bonds is 1. The topological polar surface area (TPSA) is 34.1 Å². The van der Waals surface area contributed by atoms with E-state index in [1.54, 1.807) is 23.0 Å². The molecule has 2 nitrogen and oxygen atoms in total. The summed E-state index contributed by atoms with van der Waals surface area (Å²) in [5.41, 5.74) is 0. The van der Waals surface area contributed by atoms with Crippen LogP contribution in [-0.2, 0) is 9.74 Å². The molecule has 1 aliphatic rings. The number of thiol groups is 2. The molecule has 0 N–H and O–H groups in total. The molecule has 0 aliphatic carbocycles. The number of hydrogen-bond donors (Lipinski definition) is 2. The van der Waals surface area contributed by atoms with Crippen LogP contribution in [0.4, 0.5) is 0 Å². The van der Waals surface area contributed by atoms with Crippen molar-refractivity contribution in [3.8, 4) is 0 Å². The van der Waals surface area contributed by atoms with E-state index in [9.17, 15) is 8.42 Å². The van der Waals surface area contributed by atoms with Gasteiger partial charge < -0.3 is 0 Å². The molecule has 0 spiro atoms. The summed E-state index contributed by atoms with van der Waals surface area (Å²) in [6.45, 7) is 0. The normalized spacial score (nSPS) is 18.6. The summed E-state index contributed by atoms with van der Waals surface area (Å²) < 4.78 is 20.3. The molecule has 1 aliphatic heterocycles. The molecule has 48 valence electrons. The van der Waals surface area contributed by atoms with Crippen LogP contribution in [0.3, 0.4) is 0 Å². The first kappa shape index (κ1) is 9.78. The molecular weight excluding hydrogens is 167 g/mol. The van der Waals surface area contributed by atoms with Crippen LogP contribution in [0, 0.1) is 0 Å². The molecule has 9 heavy (non-hydrogen) atoms.